The Morgan fingerprint density at radius 2 is 1.88 bits per heavy atom. The van der Waals surface area contributed by atoms with Crippen molar-refractivity contribution < 1.29 is 19.4 Å². The third kappa shape index (κ3) is 4.63. The zero-order chi connectivity index (χ0) is 18.4. The average Bonchev–Trinajstić information content (AvgIpc) is 3.13. The summed E-state index contributed by atoms with van der Waals surface area (Å²) in [5.41, 5.74) is 4.26. The summed E-state index contributed by atoms with van der Waals surface area (Å²) >= 11 is 0. The molecule has 2 aromatic rings. The van der Waals surface area contributed by atoms with E-state index in [1.54, 1.807) is 0 Å². The van der Waals surface area contributed by atoms with Crippen molar-refractivity contribution in [3.05, 3.63) is 64.7 Å². The molecule has 0 bridgehead atoms. The minimum atomic E-state index is -0.816. The summed E-state index contributed by atoms with van der Waals surface area (Å²) in [5, 5.41) is 11.6. The van der Waals surface area contributed by atoms with E-state index in [1.165, 1.54) is 11.1 Å². The summed E-state index contributed by atoms with van der Waals surface area (Å²) in [7, 11) is 0. The molecule has 2 aromatic carbocycles. The van der Waals surface area contributed by atoms with E-state index in [4.69, 9.17) is 9.84 Å². The number of aliphatic carboxylic acids is 1. The van der Waals surface area contributed by atoms with Crippen molar-refractivity contribution in [1.29, 1.82) is 0 Å². The highest BCUT2D eigenvalue weighted by molar-refractivity contribution is 5.96. The number of carboxylic acid groups (broad SMARTS) is 1. The van der Waals surface area contributed by atoms with Crippen molar-refractivity contribution in [2.24, 2.45) is 0 Å². The fraction of sp³-hybridized carbons (Fsp3) is 0.333. The number of carbonyl (C=O) groups is 2. The number of ether oxygens (including phenoxy) is 1. The van der Waals surface area contributed by atoms with Crippen LogP contribution in [0.5, 0.6) is 5.75 Å². The summed E-state index contributed by atoms with van der Waals surface area (Å²) in [5.74, 6) is -0.146. The molecule has 0 fully saturated rings. The van der Waals surface area contributed by atoms with E-state index >= 15 is 0 Å². The molecule has 0 atom stereocenters. The van der Waals surface area contributed by atoms with Gasteiger partial charge < -0.3 is 15.2 Å². The predicted octanol–water partition coefficient (Wildman–Crippen LogP) is 3.35. The third-order valence-electron chi connectivity index (χ3n) is 4.57. The Balaban J connectivity index is 1.50. The second-order valence-corrected chi connectivity index (χ2v) is 6.47. The number of nitrogens with one attached hydrogen (secondary N) is 1. The predicted molar refractivity (Wildman–Crippen MR) is 98.4 cm³/mol. The number of rotatable bonds is 8. The summed E-state index contributed by atoms with van der Waals surface area (Å²) in [6.45, 7) is 0.837. The third-order valence-corrected chi connectivity index (χ3v) is 4.57. The minimum absolute atomic E-state index is 0.0299. The highest BCUT2D eigenvalue weighted by Crippen LogP contribution is 2.25. The lowest BCUT2D eigenvalue weighted by molar-refractivity contribution is -0.137. The summed E-state index contributed by atoms with van der Waals surface area (Å²) in [4.78, 5) is 22.9. The minimum Gasteiger partial charge on any atom is -0.494 e. The number of carboxylic acids is 1. The largest absolute Gasteiger partial charge is 0.494 e. The van der Waals surface area contributed by atoms with Gasteiger partial charge in [0.2, 0.25) is 0 Å². The first kappa shape index (κ1) is 18.0. The highest BCUT2D eigenvalue weighted by Gasteiger charge is 2.18. The number of hydrogen-bond donors (Lipinski definition) is 2. The maximum Gasteiger partial charge on any atom is 0.303 e. The van der Waals surface area contributed by atoms with Gasteiger partial charge in [-0.25, -0.2) is 0 Å². The first-order valence-electron chi connectivity index (χ1n) is 8.96. The number of aryl methyl sites for hydroxylation is 1. The molecular weight excluding hydrogens is 330 g/mol. The quantitative estimate of drug-likeness (QED) is 0.714. The van der Waals surface area contributed by atoms with Gasteiger partial charge in [0, 0.05) is 18.5 Å². The van der Waals surface area contributed by atoms with Gasteiger partial charge in [0.1, 0.15) is 5.75 Å². The van der Waals surface area contributed by atoms with Crippen molar-refractivity contribution in [2.75, 3.05) is 6.61 Å². The van der Waals surface area contributed by atoms with Crippen LogP contribution in [0.25, 0.3) is 0 Å². The van der Waals surface area contributed by atoms with E-state index in [9.17, 15) is 9.59 Å². The average molecular weight is 353 g/mol. The van der Waals surface area contributed by atoms with Crippen LogP contribution in [-0.4, -0.2) is 23.6 Å². The SMILES string of the molecule is O=C(O)CCCOc1ccc(CNC(=O)c2cccc3c2CCC3)cc1. The molecule has 3 rings (SSSR count). The van der Waals surface area contributed by atoms with Gasteiger partial charge in [-0.1, -0.05) is 24.3 Å². The molecule has 0 unspecified atom stereocenters. The van der Waals surface area contributed by atoms with Gasteiger partial charge in [-0.05, 0) is 60.6 Å². The molecule has 0 saturated carbocycles. The van der Waals surface area contributed by atoms with Crippen LogP contribution in [0.1, 0.15) is 46.3 Å². The number of carbonyl (C=O) groups excluding carboxylic acids is 1. The van der Waals surface area contributed by atoms with Crippen molar-refractivity contribution in [1.82, 2.24) is 5.32 Å². The van der Waals surface area contributed by atoms with Gasteiger partial charge in [-0.3, -0.25) is 9.59 Å². The van der Waals surface area contributed by atoms with Crippen molar-refractivity contribution in [3.63, 3.8) is 0 Å². The Morgan fingerprint density at radius 3 is 2.65 bits per heavy atom. The number of fused-ring (bicyclic) bond motifs is 1. The monoisotopic (exact) mass is 353 g/mol. The molecule has 0 radical (unpaired) electrons. The van der Waals surface area contributed by atoms with Crippen molar-refractivity contribution in [3.8, 4) is 5.75 Å². The molecule has 1 aliphatic rings. The molecule has 0 aliphatic heterocycles. The van der Waals surface area contributed by atoms with Crippen LogP contribution in [-0.2, 0) is 24.2 Å². The van der Waals surface area contributed by atoms with Crippen molar-refractivity contribution >= 4 is 11.9 Å². The van der Waals surface area contributed by atoms with Crippen LogP contribution in [0.15, 0.2) is 42.5 Å². The number of amides is 1. The van der Waals surface area contributed by atoms with Crippen LogP contribution < -0.4 is 10.1 Å². The molecule has 26 heavy (non-hydrogen) atoms. The Hall–Kier alpha value is -2.82. The zero-order valence-corrected chi connectivity index (χ0v) is 14.7. The second-order valence-electron chi connectivity index (χ2n) is 6.47. The molecule has 136 valence electrons. The molecule has 2 N–H and O–H groups in total. The van der Waals surface area contributed by atoms with Crippen molar-refractivity contribution in [2.45, 2.75) is 38.6 Å². The summed E-state index contributed by atoms with van der Waals surface area (Å²) < 4.78 is 5.51. The molecule has 0 heterocycles. The molecular formula is C21H23NO4. The van der Waals surface area contributed by atoms with E-state index in [-0.39, 0.29) is 12.3 Å². The smallest absolute Gasteiger partial charge is 0.303 e. The van der Waals surface area contributed by atoms with Crippen LogP contribution in [0.4, 0.5) is 0 Å². The molecule has 1 aliphatic carbocycles. The maximum atomic E-state index is 12.5. The first-order valence-corrected chi connectivity index (χ1v) is 8.96. The lowest BCUT2D eigenvalue weighted by Gasteiger charge is -2.10. The summed E-state index contributed by atoms with van der Waals surface area (Å²) in [6.07, 6.45) is 3.74. The maximum absolute atomic E-state index is 12.5. The van der Waals surface area contributed by atoms with Gasteiger partial charge in [-0.2, -0.15) is 0 Å². The molecule has 0 saturated heterocycles. The fourth-order valence-corrected chi connectivity index (χ4v) is 3.23. The number of hydrogen-bond acceptors (Lipinski definition) is 3. The standard InChI is InChI=1S/C21H23NO4/c23-20(24)8-3-13-26-17-11-9-15(10-12-17)14-22-21(25)19-7-2-5-16-4-1-6-18(16)19/h2,5,7,9-12H,1,3-4,6,8,13-14H2,(H,22,25)(H,23,24). The van der Waals surface area contributed by atoms with E-state index in [0.717, 1.165) is 30.4 Å². The molecule has 0 spiro atoms. The van der Waals surface area contributed by atoms with Gasteiger partial charge in [0.05, 0.1) is 6.61 Å². The zero-order valence-electron chi connectivity index (χ0n) is 14.7. The van der Waals surface area contributed by atoms with E-state index in [2.05, 4.69) is 11.4 Å². The Bertz CT molecular complexity index is 783. The Kier molecular flexibility index (Phi) is 5.89. The first-order chi connectivity index (χ1) is 12.6. The van der Waals surface area contributed by atoms with Gasteiger partial charge in [-0.15, -0.1) is 0 Å². The normalized spacial score (nSPS) is 12.5. The lowest BCUT2D eigenvalue weighted by atomic mass is 10.0. The van der Waals surface area contributed by atoms with Gasteiger partial charge >= 0.3 is 5.97 Å². The number of benzene rings is 2. The molecule has 1 amide bonds. The molecule has 5 nitrogen and oxygen atoms in total. The molecule has 5 heteroatoms. The van der Waals surface area contributed by atoms with Gasteiger partial charge in [0.25, 0.3) is 5.91 Å². The lowest BCUT2D eigenvalue weighted by Crippen LogP contribution is -2.24. The molecule has 0 aromatic heterocycles. The second kappa shape index (κ2) is 8.52. The van der Waals surface area contributed by atoms with E-state index in [1.807, 2.05) is 36.4 Å². The Morgan fingerprint density at radius 1 is 1.08 bits per heavy atom. The van der Waals surface area contributed by atoms with Crippen LogP contribution in [0, 0.1) is 0 Å². The Labute approximate surface area is 153 Å². The summed E-state index contributed by atoms with van der Waals surface area (Å²) in [6, 6.07) is 13.4. The van der Waals surface area contributed by atoms with E-state index < -0.39 is 5.97 Å². The van der Waals surface area contributed by atoms with Crippen LogP contribution in [0.3, 0.4) is 0 Å². The van der Waals surface area contributed by atoms with Gasteiger partial charge in [0.15, 0.2) is 0 Å². The van der Waals surface area contributed by atoms with E-state index in [0.29, 0.717) is 25.3 Å². The van der Waals surface area contributed by atoms with Crippen LogP contribution in [0.2, 0.25) is 0 Å². The fourth-order valence-electron chi connectivity index (χ4n) is 3.23. The van der Waals surface area contributed by atoms with Crippen LogP contribution >= 0.6 is 0 Å². The topological polar surface area (TPSA) is 75.6 Å². The highest BCUT2D eigenvalue weighted by atomic mass is 16.5.